The quantitative estimate of drug-likeness (QED) is 0.444. The fourth-order valence-electron chi connectivity index (χ4n) is 1.10. The van der Waals surface area contributed by atoms with Crippen LogP contribution < -0.4 is 0 Å². The third-order valence-electron chi connectivity index (χ3n) is 1.53. The van der Waals surface area contributed by atoms with Gasteiger partial charge in [-0.1, -0.05) is 13.8 Å². The van der Waals surface area contributed by atoms with Gasteiger partial charge in [-0.05, 0) is 26.2 Å². The Morgan fingerprint density at radius 3 is 2.58 bits per heavy atom. The maximum Gasteiger partial charge on any atom is 0.0661 e. The maximum atomic E-state index is 5.18. The topological polar surface area (TPSA) is 21.6 Å². The molecule has 2 heteroatoms. The summed E-state index contributed by atoms with van der Waals surface area (Å²) in [5.41, 5.74) is 1.24. The summed E-state index contributed by atoms with van der Waals surface area (Å²) in [7, 11) is 0. The third-order valence-corrected chi connectivity index (χ3v) is 1.53. The van der Waals surface area contributed by atoms with E-state index in [1.54, 1.807) is 0 Å². The van der Waals surface area contributed by atoms with E-state index in [0.29, 0.717) is 5.92 Å². The van der Waals surface area contributed by atoms with Gasteiger partial charge in [0.1, 0.15) is 0 Å². The Balaban J connectivity index is 3.41. The van der Waals surface area contributed by atoms with Gasteiger partial charge in [-0.15, -0.1) is 0 Å². The molecule has 0 aromatic rings. The van der Waals surface area contributed by atoms with E-state index in [2.05, 4.69) is 25.8 Å². The molecule has 0 aromatic carbocycles. The Kier molecular flexibility index (Phi) is 7.06. The van der Waals surface area contributed by atoms with Crippen LogP contribution >= 0.6 is 0 Å². The summed E-state index contributed by atoms with van der Waals surface area (Å²) >= 11 is 0. The lowest BCUT2D eigenvalue weighted by Crippen LogP contribution is -2.03. The van der Waals surface area contributed by atoms with Crippen molar-refractivity contribution in [1.82, 2.24) is 0 Å². The first-order valence-corrected chi connectivity index (χ1v) is 4.74. The normalized spacial score (nSPS) is 12.6. The van der Waals surface area contributed by atoms with Crippen LogP contribution in [0.1, 0.15) is 34.1 Å². The van der Waals surface area contributed by atoms with Crippen LogP contribution in [0.15, 0.2) is 4.99 Å². The van der Waals surface area contributed by atoms with Crippen molar-refractivity contribution in [2.75, 3.05) is 19.8 Å². The molecule has 0 saturated heterocycles. The minimum absolute atomic E-state index is 0.709. The van der Waals surface area contributed by atoms with Gasteiger partial charge in [0.15, 0.2) is 0 Å². The highest BCUT2D eigenvalue weighted by molar-refractivity contribution is 5.82. The Hall–Kier alpha value is -0.370. The van der Waals surface area contributed by atoms with E-state index < -0.39 is 0 Å². The molecule has 0 unspecified atom stereocenters. The van der Waals surface area contributed by atoms with Crippen LogP contribution in [0.3, 0.4) is 0 Å². The van der Waals surface area contributed by atoms with Crippen LogP contribution in [0.4, 0.5) is 0 Å². The number of rotatable bonds is 6. The fourth-order valence-corrected chi connectivity index (χ4v) is 1.10. The van der Waals surface area contributed by atoms with E-state index in [-0.39, 0.29) is 0 Å². The molecule has 0 atom stereocenters. The van der Waals surface area contributed by atoms with Crippen LogP contribution in [0, 0.1) is 5.92 Å². The highest BCUT2D eigenvalue weighted by Gasteiger charge is 1.95. The van der Waals surface area contributed by atoms with E-state index in [0.717, 1.165) is 26.2 Å². The molecule has 0 spiro atoms. The summed E-state index contributed by atoms with van der Waals surface area (Å²) < 4.78 is 5.18. The van der Waals surface area contributed by atoms with E-state index >= 15 is 0 Å². The minimum Gasteiger partial charge on any atom is -0.380 e. The Morgan fingerprint density at radius 1 is 1.42 bits per heavy atom. The molecular weight excluding hydrogens is 150 g/mol. The number of hydrogen-bond donors (Lipinski definition) is 0. The van der Waals surface area contributed by atoms with Crippen molar-refractivity contribution < 1.29 is 4.74 Å². The molecule has 2 nitrogen and oxygen atoms in total. The fraction of sp³-hybridized carbons (Fsp3) is 0.900. The van der Waals surface area contributed by atoms with Crippen molar-refractivity contribution in [2.24, 2.45) is 10.9 Å². The average molecular weight is 171 g/mol. The van der Waals surface area contributed by atoms with Crippen LogP contribution in [-0.2, 0) is 4.74 Å². The Bertz CT molecular complexity index is 130. The molecule has 72 valence electrons. The highest BCUT2D eigenvalue weighted by Crippen LogP contribution is 2.00. The molecule has 0 heterocycles. The zero-order chi connectivity index (χ0) is 9.40. The monoisotopic (exact) mass is 171 g/mol. The smallest absolute Gasteiger partial charge is 0.0661 e. The lowest BCUT2D eigenvalue weighted by atomic mass is 10.1. The maximum absolute atomic E-state index is 5.18. The number of ether oxygens (including phenoxy) is 1. The molecule has 0 amide bonds. The lowest BCUT2D eigenvalue weighted by Gasteiger charge is -2.03. The summed E-state index contributed by atoms with van der Waals surface area (Å²) in [6.45, 7) is 10.9. The number of nitrogens with zero attached hydrogens (tertiary/aromatic N) is 1. The van der Waals surface area contributed by atoms with Gasteiger partial charge in [0, 0.05) is 12.3 Å². The van der Waals surface area contributed by atoms with E-state index in [9.17, 15) is 0 Å². The van der Waals surface area contributed by atoms with Gasteiger partial charge in [0.2, 0.25) is 0 Å². The predicted molar refractivity (Wildman–Crippen MR) is 53.9 cm³/mol. The summed E-state index contributed by atoms with van der Waals surface area (Å²) in [4.78, 5) is 4.39. The SMILES string of the molecule is CCOCCN=C(C)CC(C)C. The van der Waals surface area contributed by atoms with E-state index in [1.165, 1.54) is 5.71 Å². The molecule has 0 saturated carbocycles. The molecule has 0 radical (unpaired) electrons. The third kappa shape index (κ3) is 7.73. The van der Waals surface area contributed by atoms with Crippen LogP contribution in [0.5, 0.6) is 0 Å². The standard InChI is InChI=1S/C10H21NO/c1-5-12-7-6-11-10(4)8-9(2)3/h9H,5-8H2,1-4H3. The molecule has 0 bridgehead atoms. The first kappa shape index (κ1) is 11.6. The second kappa shape index (κ2) is 7.29. The summed E-state index contributed by atoms with van der Waals surface area (Å²) in [6.07, 6.45) is 1.10. The van der Waals surface area contributed by atoms with Crippen molar-refractivity contribution in [2.45, 2.75) is 34.1 Å². The molecule has 0 aliphatic rings. The van der Waals surface area contributed by atoms with Gasteiger partial charge in [0.25, 0.3) is 0 Å². The largest absolute Gasteiger partial charge is 0.380 e. The zero-order valence-corrected chi connectivity index (χ0v) is 8.76. The van der Waals surface area contributed by atoms with Crippen molar-refractivity contribution in [3.63, 3.8) is 0 Å². The summed E-state index contributed by atoms with van der Waals surface area (Å²) in [6, 6.07) is 0. The first-order valence-electron chi connectivity index (χ1n) is 4.74. The number of aliphatic imine (C=N–C) groups is 1. The second-order valence-electron chi connectivity index (χ2n) is 3.41. The van der Waals surface area contributed by atoms with Gasteiger partial charge < -0.3 is 4.74 Å². The van der Waals surface area contributed by atoms with Gasteiger partial charge in [-0.2, -0.15) is 0 Å². The predicted octanol–water partition coefficient (Wildman–Crippen LogP) is 2.53. The second-order valence-corrected chi connectivity index (χ2v) is 3.41. The first-order chi connectivity index (χ1) is 5.66. The minimum atomic E-state index is 0.709. The Morgan fingerprint density at radius 2 is 2.08 bits per heavy atom. The zero-order valence-electron chi connectivity index (χ0n) is 8.76. The molecule has 0 aliphatic heterocycles. The molecule has 0 aliphatic carbocycles. The van der Waals surface area contributed by atoms with Gasteiger partial charge >= 0.3 is 0 Å². The highest BCUT2D eigenvalue weighted by atomic mass is 16.5. The van der Waals surface area contributed by atoms with E-state index in [1.807, 2.05) is 6.92 Å². The molecule has 0 N–H and O–H groups in total. The van der Waals surface area contributed by atoms with Gasteiger partial charge in [0.05, 0.1) is 13.2 Å². The van der Waals surface area contributed by atoms with Crippen molar-refractivity contribution in [1.29, 1.82) is 0 Å². The van der Waals surface area contributed by atoms with Crippen LogP contribution in [-0.4, -0.2) is 25.5 Å². The summed E-state index contributed by atoms with van der Waals surface area (Å²) in [5, 5.41) is 0. The molecule has 0 aromatic heterocycles. The molecule has 12 heavy (non-hydrogen) atoms. The van der Waals surface area contributed by atoms with Crippen molar-refractivity contribution >= 4 is 5.71 Å². The summed E-state index contributed by atoms with van der Waals surface area (Å²) in [5.74, 6) is 0.709. The van der Waals surface area contributed by atoms with Crippen molar-refractivity contribution in [3.05, 3.63) is 0 Å². The van der Waals surface area contributed by atoms with Crippen LogP contribution in [0.25, 0.3) is 0 Å². The lowest BCUT2D eigenvalue weighted by molar-refractivity contribution is 0.156. The molecule has 0 rings (SSSR count). The van der Waals surface area contributed by atoms with Gasteiger partial charge in [-0.3, -0.25) is 4.99 Å². The van der Waals surface area contributed by atoms with Gasteiger partial charge in [-0.25, -0.2) is 0 Å². The van der Waals surface area contributed by atoms with Crippen LogP contribution in [0.2, 0.25) is 0 Å². The molecule has 0 fully saturated rings. The molecular formula is C10H21NO. The van der Waals surface area contributed by atoms with E-state index in [4.69, 9.17) is 4.74 Å². The average Bonchev–Trinajstić information content (AvgIpc) is 1.97. The Labute approximate surface area is 76.0 Å². The number of hydrogen-bond acceptors (Lipinski definition) is 2. The van der Waals surface area contributed by atoms with Crippen molar-refractivity contribution in [3.8, 4) is 0 Å².